The van der Waals surface area contributed by atoms with E-state index in [0.717, 1.165) is 28.9 Å². The average molecular weight is 412 g/mol. The first-order valence-corrected chi connectivity index (χ1v) is 10.6. The number of rotatable bonds is 4. The predicted molar refractivity (Wildman–Crippen MR) is 120 cm³/mol. The Balaban J connectivity index is 1.41. The van der Waals surface area contributed by atoms with Crippen molar-refractivity contribution in [3.8, 4) is 0 Å². The Labute approximate surface area is 180 Å². The van der Waals surface area contributed by atoms with E-state index in [4.69, 9.17) is 0 Å². The molecule has 2 aromatic heterocycles. The smallest absolute Gasteiger partial charge is 0.261 e. The lowest BCUT2D eigenvalue weighted by molar-refractivity contribution is -0.134. The van der Waals surface area contributed by atoms with Crippen molar-refractivity contribution in [1.29, 1.82) is 0 Å². The molecule has 2 aromatic carbocycles. The largest absolute Gasteiger partial charge is 0.348 e. The van der Waals surface area contributed by atoms with E-state index in [2.05, 4.69) is 33.9 Å². The SMILES string of the molecule is Cc1cccc2c(=O)n(CCC(=O)N3CCn4cccc4C3c3ccccc3)cnc12. The van der Waals surface area contributed by atoms with Crippen LogP contribution < -0.4 is 5.56 Å². The number of nitrogens with zero attached hydrogens (tertiary/aromatic N) is 4. The van der Waals surface area contributed by atoms with E-state index in [1.807, 2.05) is 48.2 Å². The zero-order valence-corrected chi connectivity index (χ0v) is 17.4. The second-order valence-electron chi connectivity index (χ2n) is 7.99. The van der Waals surface area contributed by atoms with E-state index >= 15 is 0 Å². The maximum Gasteiger partial charge on any atom is 0.261 e. The minimum absolute atomic E-state index is 0.0394. The highest BCUT2D eigenvalue weighted by atomic mass is 16.2. The van der Waals surface area contributed by atoms with Gasteiger partial charge in [0.2, 0.25) is 5.91 Å². The van der Waals surface area contributed by atoms with Crippen LogP contribution in [0.15, 0.2) is 78.0 Å². The number of para-hydroxylation sites is 1. The molecule has 1 aliphatic rings. The molecule has 1 atom stereocenters. The molecule has 4 aromatic rings. The van der Waals surface area contributed by atoms with Gasteiger partial charge >= 0.3 is 0 Å². The number of aryl methyl sites for hydroxylation is 2. The van der Waals surface area contributed by atoms with Gasteiger partial charge in [0.05, 0.1) is 23.3 Å². The van der Waals surface area contributed by atoms with Crippen LogP contribution in [0.2, 0.25) is 0 Å². The lowest BCUT2D eigenvalue weighted by Crippen LogP contribution is -2.42. The fourth-order valence-electron chi connectivity index (χ4n) is 4.49. The minimum Gasteiger partial charge on any atom is -0.348 e. The van der Waals surface area contributed by atoms with Gasteiger partial charge in [0, 0.05) is 37.9 Å². The molecule has 31 heavy (non-hydrogen) atoms. The van der Waals surface area contributed by atoms with Crippen LogP contribution >= 0.6 is 0 Å². The topological polar surface area (TPSA) is 60.1 Å². The summed E-state index contributed by atoms with van der Waals surface area (Å²) in [4.78, 5) is 32.6. The van der Waals surface area contributed by atoms with Crippen LogP contribution in [0.3, 0.4) is 0 Å². The van der Waals surface area contributed by atoms with Crippen molar-refractivity contribution >= 4 is 16.8 Å². The van der Waals surface area contributed by atoms with Gasteiger partial charge in [-0.25, -0.2) is 4.98 Å². The third-order valence-electron chi connectivity index (χ3n) is 6.10. The summed E-state index contributed by atoms with van der Waals surface area (Å²) in [5, 5.41) is 0.591. The van der Waals surface area contributed by atoms with Gasteiger partial charge in [-0.2, -0.15) is 0 Å². The number of aromatic nitrogens is 3. The molecule has 3 heterocycles. The molecule has 0 aliphatic carbocycles. The van der Waals surface area contributed by atoms with Crippen LogP contribution in [-0.4, -0.2) is 31.5 Å². The van der Waals surface area contributed by atoms with Crippen LogP contribution in [0, 0.1) is 6.92 Å². The summed E-state index contributed by atoms with van der Waals surface area (Å²) in [6.45, 7) is 3.67. The highest BCUT2D eigenvalue weighted by molar-refractivity contribution is 5.80. The van der Waals surface area contributed by atoms with Gasteiger partial charge in [0.15, 0.2) is 0 Å². The molecule has 0 saturated heterocycles. The maximum atomic E-state index is 13.3. The van der Waals surface area contributed by atoms with Crippen molar-refractivity contribution in [1.82, 2.24) is 19.0 Å². The summed E-state index contributed by atoms with van der Waals surface area (Å²) in [6, 6.07) is 19.7. The zero-order valence-electron chi connectivity index (χ0n) is 17.4. The average Bonchev–Trinajstić information content (AvgIpc) is 3.28. The summed E-state index contributed by atoms with van der Waals surface area (Å²) in [7, 11) is 0. The minimum atomic E-state index is -0.119. The Kier molecular flexibility index (Phi) is 4.90. The fraction of sp³-hybridized carbons (Fsp3) is 0.240. The molecule has 6 heteroatoms. The van der Waals surface area contributed by atoms with Crippen molar-refractivity contribution in [3.63, 3.8) is 0 Å². The first kappa shape index (κ1) is 19.3. The molecule has 5 rings (SSSR count). The van der Waals surface area contributed by atoms with E-state index in [1.54, 1.807) is 17.0 Å². The monoisotopic (exact) mass is 412 g/mol. The van der Waals surface area contributed by atoms with Crippen molar-refractivity contribution in [3.05, 3.63) is 100 Å². The van der Waals surface area contributed by atoms with Gasteiger partial charge in [0.1, 0.15) is 0 Å². The Hall–Kier alpha value is -3.67. The van der Waals surface area contributed by atoms with Gasteiger partial charge < -0.3 is 9.47 Å². The Morgan fingerprint density at radius 2 is 1.87 bits per heavy atom. The lowest BCUT2D eigenvalue weighted by Gasteiger charge is -2.37. The Morgan fingerprint density at radius 3 is 2.71 bits per heavy atom. The Morgan fingerprint density at radius 1 is 1.03 bits per heavy atom. The fourth-order valence-corrected chi connectivity index (χ4v) is 4.49. The van der Waals surface area contributed by atoms with E-state index < -0.39 is 0 Å². The predicted octanol–water partition coefficient (Wildman–Crippen LogP) is 3.53. The molecule has 0 radical (unpaired) electrons. The zero-order chi connectivity index (χ0) is 21.4. The number of carbonyl (C=O) groups is 1. The quantitative estimate of drug-likeness (QED) is 0.515. The molecular formula is C25H24N4O2. The van der Waals surface area contributed by atoms with Crippen LogP contribution in [0.25, 0.3) is 10.9 Å². The van der Waals surface area contributed by atoms with Gasteiger partial charge in [0.25, 0.3) is 5.56 Å². The summed E-state index contributed by atoms with van der Waals surface area (Å²) < 4.78 is 3.76. The van der Waals surface area contributed by atoms with Gasteiger partial charge in [-0.3, -0.25) is 14.2 Å². The maximum absolute atomic E-state index is 13.3. The lowest BCUT2D eigenvalue weighted by atomic mass is 9.99. The molecule has 1 amide bonds. The van der Waals surface area contributed by atoms with Gasteiger partial charge in [-0.1, -0.05) is 42.5 Å². The standard InChI is InChI=1S/C25H24N4O2/c1-18-7-5-10-20-23(18)26-17-28(25(20)31)14-12-22(30)29-16-15-27-13-6-11-21(27)24(29)19-8-3-2-4-9-19/h2-11,13,17,24H,12,14-16H2,1H3. The van der Waals surface area contributed by atoms with E-state index in [1.165, 1.54) is 0 Å². The molecule has 6 nitrogen and oxygen atoms in total. The number of hydrogen-bond donors (Lipinski definition) is 0. The summed E-state index contributed by atoms with van der Waals surface area (Å²) >= 11 is 0. The van der Waals surface area contributed by atoms with Crippen molar-refractivity contribution in [2.75, 3.05) is 6.54 Å². The number of fused-ring (bicyclic) bond motifs is 2. The third kappa shape index (κ3) is 3.44. The molecule has 0 spiro atoms. The summed E-state index contributed by atoms with van der Waals surface area (Å²) in [6.07, 6.45) is 3.87. The van der Waals surface area contributed by atoms with E-state index in [0.29, 0.717) is 18.5 Å². The first-order valence-electron chi connectivity index (χ1n) is 10.6. The summed E-state index contributed by atoms with van der Waals surface area (Å²) in [5.41, 5.74) is 3.80. The first-order chi connectivity index (χ1) is 15.1. The molecule has 1 aliphatic heterocycles. The number of carbonyl (C=O) groups excluding carboxylic acids is 1. The Bertz CT molecular complexity index is 1310. The van der Waals surface area contributed by atoms with Gasteiger partial charge in [-0.15, -0.1) is 0 Å². The normalized spacial score (nSPS) is 15.8. The summed E-state index contributed by atoms with van der Waals surface area (Å²) in [5.74, 6) is 0.0394. The number of hydrogen-bond acceptors (Lipinski definition) is 3. The molecule has 1 unspecified atom stereocenters. The highest BCUT2D eigenvalue weighted by Crippen LogP contribution is 2.32. The van der Waals surface area contributed by atoms with Crippen LogP contribution in [0.4, 0.5) is 0 Å². The molecular weight excluding hydrogens is 388 g/mol. The van der Waals surface area contributed by atoms with Crippen LogP contribution in [0.5, 0.6) is 0 Å². The van der Waals surface area contributed by atoms with Crippen LogP contribution in [-0.2, 0) is 17.9 Å². The van der Waals surface area contributed by atoms with Crippen molar-refractivity contribution < 1.29 is 4.79 Å². The molecule has 0 fully saturated rings. The van der Waals surface area contributed by atoms with Crippen molar-refractivity contribution in [2.24, 2.45) is 0 Å². The molecule has 0 N–H and O–H groups in total. The second kappa shape index (κ2) is 7.87. The number of benzene rings is 2. The highest BCUT2D eigenvalue weighted by Gasteiger charge is 2.31. The van der Waals surface area contributed by atoms with E-state index in [9.17, 15) is 9.59 Å². The molecule has 0 saturated carbocycles. The van der Waals surface area contributed by atoms with Gasteiger partial charge in [-0.05, 0) is 36.2 Å². The third-order valence-corrected chi connectivity index (χ3v) is 6.10. The number of amides is 1. The van der Waals surface area contributed by atoms with Crippen molar-refractivity contribution in [2.45, 2.75) is 32.5 Å². The van der Waals surface area contributed by atoms with E-state index in [-0.39, 0.29) is 23.9 Å². The van der Waals surface area contributed by atoms with Crippen LogP contribution in [0.1, 0.15) is 29.3 Å². The molecule has 0 bridgehead atoms. The molecule has 156 valence electrons. The second-order valence-corrected chi connectivity index (χ2v) is 7.99.